The average Bonchev–Trinajstić information content (AvgIpc) is 2.86. The highest BCUT2D eigenvalue weighted by atomic mass is 19.1. The Labute approximate surface area is 116 Å². The van der Waals surface area contributed by atoms with Crippen molar-refractivity contribution in [2.75, 3.05) is 0 Å². The lowest BCUT2D eigenvalue weighted by atomic mass is 9.80. The number of halogens is 1. The van der Waals surface area contributed by atoms with Crippen molar-refractivity contribution in [2.24, 2.45) is 0 Å². The van der Waals surface area contributed by atoms with Crippen molar-refractivity contribution in [1.82, 2.24) is 9.78 Å². The minimum absolute atomic E-state index is 0.0327. The first-order valence-corrected chi connectivity index (χ1v) is 6.30. The zero-order valence-corrected chi connectivity index (χ0v) is 11.3. The van der Waals surface area contributed by atoms with Crippen molar-refractivity contribution in [3.8, 4) is 5.75 Å². The minimum Gasteiger partial charge on any atom is -0.484 e. The molecule has 20 heavy (non-hydrogen) atoms. The maximum absolute atomic E-state index is 13.6. The SMILES string of the molecule is CC(C)n1ccc(COc2cc(B(O)O)ccc2F)n1. The van der Waals surface area contributed by atoms with Gasteiger partial charge in [-0.25, -0.2) is 4.39 Å². The predicted molar refractivity (Wildman–Crippen MR) is 73.2 cm³/mol. The summed E-state index contributed by atoms with van der Waals surface area (Å²) in [5, 5.41) is 22.4. The van der Waals surface area contributed by atoms with E-state index in [4.69, 9.17) is 14.8 Å². The molecule has 1 heterocycles. The van der Waals surface area contributed by atoms with E-state index in [1.165, 1.54) is 12.1 Å². The van der Waals surface area contributed by atoms with Gasteiger partial charge < -0.3 is 14.8 Å². The highest BCUT2D eigenvalue weighted by Crippen LogP contribution is 2.16. The molecule has 1 aromatic carbocycles. The second kappa shape index (κ2) is 6.07. The first kappa shape index (κ1) is 14.6. The summed E-state index contributed by atoms with van der Waals surface area (Å²) in [4.78, 5) is 0. The van der Waals surface area contributed by atoms with E-state index in [1.807, 2.05) is 20.0 Å². The maximum atomic E-state index is 13.6. The number of rotatable bonds is 5. The lowest BCUT2D eigenvalue weighted by Crippen LogP contribution is -2.29. The molecule has 7 heteroatoms. The van der Waals surface area contributed by atoms with Crippen molar-refractivity contribution < 1.29 is 19.2 Å². The quantitative estimate of drug-likeness (QED) is 0.796. The normalized spacial score (nSPS) is 10.9. The zero-order chi connectivity index (χ0) is 14.7. The van der Waals surface area contributed by atoms with Crippen LogP contribution in [0.4, 0.5) is 4.39 Å². The predicted octanol–water partition coefficient (Wildman–Crippen LogP) is 0.862. The number of ether oxygens (including phenoxy) is 1. The number of aromatic nitrogens is 2. The third-order valence-corrected chi connectivity index (χ3v) is 2.82. The summed E-state index contributed by atoms with van der Waals surface area (Å²) < 4.78 is 20.7. The Kier molecular flexibility index (Phi) is 4.41. The first-order chi connectivity index (χ1) is 9.47. The van der Waals surface area contributed by atoms with Crippen LogP contribution >= 0.6 is 0 Å². The summed E-state index contributed by atoms with van der Waals surface area (Å²) in [7, 11) is -1.65. The second-order valence-corrected chi connectivity index (χ2v) is 4.73. The molecule has 0 fully saturated rings. The summed E-state index contributed by atoms with van der Waals surface area (Å²) in [5.74, 6) is -0.590. The van der Waals surface area contributed by atoms with E-state index < -0.39 is 12.9 Å². The standard InChI is InChI=1S/C13H16BFN2O3/c1-9(2)17-6-5-11(16-17)8-20-13-7-10(14(18)19)3-4-12(13)15/h3-7,9,18-19H,8H2,1-2H3. The topological polar surface area (TPSA) is 67.5 Å². The highest BCUT2D eigenvalue weighted by Gasteiger charge is 2.14. The summed E-state index contributed by atoms with van der Waals surface area (Å²) in [5.41, 5.74) is 0.849. The lowest BCUT2D eigenvalue weighted by Gasteiger charge is -2.08. The lowest BCUT2D eigenvalue weighted by molar-refractivity contribution is 0.284. The highest BCUT2D eigenvalue weighted by molar-refractivity contribution is 6.58. The largest absolute Gasteiger partial charge is 0.488 e. The van der Waals surface area contributed by atoms with Gasteiger partial charge in [0, 0.05) is 12.2 Å². The molecule has 2 rings (SSSR count). The fourth-order valence-electron chi connectivity index (χ4n) is 1.68. The number of nitrogens with zero attached hydrogens (tertiary/aromatic N) is 2. The van der Waals surface area contributed by atoms with E-state index in [9.17, 15) is 4.39 Å². The Bertz CT molecular complexity index is 587. The van der Waals surface area contributed by atoms with Crippen LogP contribution in [0.5, 0.6) is 5.75 Å². The van der Waals surface area contributed by atoms with Gasteiger partial charge in [-0.05, 0) is 37.5 Å². The van der Waals surface area contributed by atoms with Gasteiger partial charge in [0.15, 0.2) is 11.6 Å². The van der Waals surface area contributed by atoms with Crippen LogP contribution in [-0.4, -0.2) is 26.9 Å². The second-order valence-electron chi connectivity index (χ2n) is 4.73. The van der Waals surface area contributed by atoms with E-state index >= 15 is 0 Å². The molecule has 5 nitrogen and oxygen atoms in total. The van der Waals surface area contributed by atoms with Crippen LogP contribution in [0.25, 0.3) is 0 Å². The Hall–Kier alpha value is -1.86. The zero-order valence-electron chi connectivity index (χ0n) is 11.3. The van der Waals surface area contributed by atoms with Gasteiger partial charge in [0.05, 0.1) is 5.69 Å². The fourth-order valence-corrected chi connectivity index (χ4v) is 1.68. The molecular weight excluding hydrogens is 262 g/mol. The molecule has 0 radical (unpaired) electrons. The third-order valence-electron chi connectivity index (χ3n) is 2.82. The Morgan fingerprint density at radius 1 is 1.35 bits per heavy atom. The molecule has 106 valence electrons. The van der Waals surface area contributed by atoms with Gasteiger partial charge >= 0.3 is 7.12 Å². The molecule has 0 saturated carbocycles. The molecule has 0 atom stereocenters. The smallest absolute Gasteiger partial charge is 0.484 e. The van der Waals surface area contributed by atoms with Crippen LogP contribution in [-0.2, 0) is 6.61 Å². The van der Waals surface area contributed by atoms with E-state index in [-0.39, 0.29) is 23.9 Å². The van der Waals surface area contributed by atoms with Gasteiger partial charge in [0.2, 0.25) is 0 Å². The molecular formula is C13H16BFN2O3. The summed E-state index contributed by atoms with van der Waals surface area (Å²) in [6.45, 7) is 4.12. The van der Waals surface area contributed by atoms with Crippen molar-refractivity contribution in [3.63, 3.8) is 0 Å². The Morgan fingerprint density at radius 3 is 2.70 bits per heavy atom. The van der Waals surface area contributed by atoms with Crippen LogP contribution in [0, 0.1) is 5.82 Å². The van der Waals surface area contributed by atoms with E-state index in [0.29, 0.717) is 5.69 Å². The molecule has 0 amide bonds. The van der Waals surface area contributed by atoms with Gasteiger partial charge in [-0.1, -0.05) is 6.07 Å². The van der Waals surface area contributed by atoms with Crippen molar-refractivity contribution in [2.45, 2.75) is 26.5 Å². The summed E-state index contributed by atoms with van der Waals surface area (Å²) in [6, 6.07) is 5.73. The number of hydrogen-bond donors (Lipinski definition) is 2. The number of hydrogen-bond acceptors (Lipinski definition) is 4. The van der Waals surface area contributed by atoms with Gasteiger partial charge in [-0.3, -0.25) is 4.68 Å². The molecule has 0 aliphatic heterocycles. The molecule has 0 aliphatic rings. The molecule has 0 spiro atoms. The molecule has 2 aromatic rings. The van der Waals surface area contributed by atoms with Crippen molar-refractivity contribution in [1.29, 1.82) is 0 Å². The van der Waals surface area contributed by atoms with Gasteiger partial charge in [-0.2, -0.15) is 5.10 Å². The monoisotopic (exact) mass is 278 g/mol. The Balaban J connectivity index is 2.07. The molecule has 0 unspecified atom stereocenters. The van der Waals surface area contributed by atoms with Crippen LogP contribution < -0.4 is 10.2 Å². The Morgan fingerprint density at radius 2 is 2.10 bits per heavy atom. The summed E-state index contributed by atoms with van der Waals surface area (Å²) in [6.07, 6.45) is 1.83. The van der Waals surface area contributed by atoms with Crippen LogP contribution in [0.1, 0.15) is 25.6 Å². The van der Waals surface area contributed by atoms with Crippen LogP contribution in [0.3, 0.4) is 0 Å². The third kappa shape index (κ3) is 3.37. The van der Waals surface area contributed by atoms with Gasteiger partial charge in [0.1, 0.15) is 6.61 Å². The summed E-state index contributed by atoms with van der Waals surface area (Å²) >= 11 is 0. The molecule has 2 N–H and O–H groups in total. The van der Waals surface area contributed by atoms with Crippen LogP contribution in [0.2, 0.25) is 0 Å². The molecule has 1 aromatic heterocycles. The van der Waals surface area contributed by atoms with Crippen LogP contribution in [0.15, 0.2) is 30.5 Å². The average molecular weight is 278 g/mol. The minimum atomic E-state index is -1.65. The molecule has 0 aliphatic carbocycles. The first-order valence-electron chi connectivity index (χ1n) is 6.30. The molecule has 0 bridgehead atoms. The maximum Gasteiger partial charge on any atom is 0.488 e. The van der Waals surface area contributed by atoms with E-state index in [2.05, 4.69) is 5.10 Å². The van der Waals surface area contributed by atoms with Crippen molar-refractivity contribution in [3.05, 3.63) is 42.0 Å². The molecule has 0 saturated heterocycles. The van der Waals surface area contributed by atoms with Gasteiger partial charge in [-0.15, -0.1) is 0 Å². The van der Waals surface area contributed by atoms with Gasteiger partial charge in [0.25, 0.3) is 0 Å². The number of benzene rings is 1. The fraction of sp³-hybridized carbons (Fsp3) is 0.308. The van der Waals surface area contributed by atoms with E-state index in [0.717, 1.165) is 6.07 Å². The van der Waals surface area contributed by atoms with Crippen molar-refractivity contribution >= 4 is 12.6 Å². The van der Waals surface area contributed by atoms with E-state index in [1.54, 1.807) is 10.7 Å².